The molecule has 0 heterocycles. The first-order valence-electron chi connectivity index (χ1n) is 8.26. The van der Waals surface area contributed by atoms with Gasteiger partial charge in [0.25, 0.3) is 0 Å². The molecular formula is C23H12. The zero-order chi connectivity index (χ0) is 14.7. The molecule has 0 saturated heterocycles. The molecule has 0 radical (unpaired) electrons. The minimum absolute atomic E-state index is 1.08. The van der Waals surface area contributed by atoms with Gasteiger partial charge in [-0.25, -0.2) is 0 Å². The molecule has 0 saturated carbocycles. The predicted octanol–water partition coefficient (Wildman–Crippen LogP) is 6.23. The Hall–Kier alpha value is -2.86. The van der Waals surface area contributed by atoms with E-state index in [1.165, 1.54) is 65.0 Å². The van der Waals surface area contributed by atoms with Gasteiger partial charge in [0.1, 0.15) is 0 Å². The second kappa shape index (κ2) is 3.23. The highest BCUT2D eigenvalue weighted by molar-refractivity contribution is 6.41. The Kier molecular flexibility index (Phi) is 1.52. The Labute approximate surface area is 132 Å². The summed E-state index contributed by atoms with van der Waals surface area (Å²) < 4.78 is 0. The van der Waals surface area contributed by atoms with Crippen LogP contribution in [0.25, 0.3) is 53.9 Å². The summed E-state index contributed by atoms with van der Waals surface area (Å²) in [5, 5.41) is 14.4. The molecule has 6 aromatic carbocycles. The molecule has 7 rings (SSSR count). The van der Waals surface area contributed by atoms with Crippen LogP contribution in [0.15, 0.2) is 60.7 Å². The largest absolute Gasteiger partial charge is 0.0574 e. The van der Waals surface area contributed by atoms with E-state index < -0.39 is 0 Å². The summed E-state index contributed by atoms with van der Waals surface area (Å²) in [6, 6.07) is 23.0. The molecule has 0 aromatic heterocycles. The molecule has 0 heteroatoms. The Morgan fingerprint density at radius 1 is 0.348 bits per heavy atom. The molecule has 1 aliphatic rings. The van der Waals surface area contributed by atoms with E-state index in [2.05, 4.69) is 60.7 Å². The predicted molar refractivity (Wildman–Crippen MR) is 99.2 cm³/mol. The molecule has 104 valence electrons. The van der Waals surface area contributed by atoms with Gasteiger partial charge in [0.05, 0.1) is 0 Å². The quantitative estimate of drug-likeness (QED) is 0.229. The molecular weight excluding hydrogens is 276 g/mol. The average Bonchev–Trinajstić information content (AvgIpc) is 2.99. The van der Waals surface area contributed by atoms with E-state index in [-0.39, 0.29) is 0 Å². The van der Waals surface area contributed by atoms with Crippen molar-refractivity contribution in [1.82, 2.24) is 0 Å². The summed E-state index contributed by atoms with van der Waals surface area (Å²) in [4.78, 5) is 0. The summed E-state index contributed by atoms with van der Waals surface area (Å²) in [5.74, 6) is 0. The first kappa shape index (κ1) is 10.8. The lowest BCUT2D eigenvalue weighted by Crippen LogP contribution is -1.89. The van der Waals surface area contributed by atoms with Crippen molar-refractivity contribution in [2.24, 2.45) is 0 Å². The normalized spacial score (nSPS) is 13.9. The molecule has 0 fully saturated rings. The van der Waals surface area contributed by atoms with Crippen molar-refractivity contribution < 1.29 is 0 Å². The van der Waals surface area contributed by atoms with E-state index in [4.69, 9.17) is 0 Å². The summed E-state index contributed by atoms with van der Waals surface area (Å²) in [6.45, 7) is 0. The molecule has 0 spiro atoms. The summed E-state index contributed by atoms with van der Waals surface area (Å²) in [6.07, 6.45) is 1.08. The molecule has 0 atom stereocenters. The summed E-state index contributed by atoms with van der Waals surface area (Å²) >= 11 is 0. The van der Waals surface area contributed by atoms with E-state index in [0.29, 0.717) is 0 Å². The molecule has 0 amide bonds. The van der Waals surface area contributed by atoms with Crippen molar-refractivity contribution in [3.05, 3.63) is 71.8 Å². The van der Waals surface area contributed by atoms with Gasteiger partial charge in [-0.1, -0.05) is 60.7 Å². The van der Waals surface area contributed by atoms with Crippen molar-refractivity contribution in [1.29, 1.82) is 0 Å². The van der Waals surface area contributed by atoms with Gasteiger partial charge in [0.15, 0.2) is 0 Å². The van der Waals surface area contributed by atoms with Crippen LogP contribution in [-0.2, 0) is 6.42 Å². The Morgan fingerprint density at radius 2 is 0.652 bits per heavy atom. The number of hydrogen-bond acceptors (Lipinski definition) is 0. The number of rotatable bonds is 0. The van der Waals surface area contributed by atoms with Crippen LogP contribution in [0.5, 0.6) is 0 Å². The minimum Gasteiger partial charge on any atom is -0.0574 e. The Balaban J connectivity index is 2.09. The fourth-order valence-electron chi connectivity index (χ4n) is 5.02. The summed E-state index contributed by atoms with van der Waals surface area (Å²) in [5.41, 5.74) is 3.00. The highest BCUT2D eigenvalue weighted by Crippen LogP contribution is 2.49. The molecule has 0 N–H and O–H groups in total. The van der Waals surface area contributed by atoms with Gasteiger partial charge in [0.2, 0.25) is 0 Å². The maximum Gasteiger partial charge on any atom is -0.00130 e. The second-order valence-electron chi connectivity index (χ2n) is 6.97. The van der Waals surface area contributed by atoms with Crippen molar-refractivity contribution in [2.75, 3.05) is 0 Å². The maximum atomic E-state index is 2.34. The van der Waals surface area contributed by atoms with Gasteiger partial charge >= 0.3 is 0 Å². The Bertz CT molecular complexity index is 1300. The van der Waals surface area contributed by atoms with Crippen molar-refractivity contribution >= 4 is 53.9 Å². The highest BCUT2D eigenvalue weighted by Gasteiger charge is 2.24. The maximum absolute atomic E-state index is 2.34. The van der Waals surface area contributed by atoms with Crippen molar-refractivity contribution in [2.45, 2.75) is 6.42 Å². The fraction of sp³-hybridized carbons (Fsp3) is 0.0435. The van der Waals surface area contributed by atoms with Crippen molar-refractivity contribution in [3.63, 3.8) is 0 Å². The SMILES string of the molecule is c1cc2ccc3ccc4ccc5ccc6c7c(c1C6)c2c3c4c57. The topological polar surface area (TPSA) is 0 Å². The van der Waals surface area contributed by atoms with Gasteiger partial charge in [-0.2, -0.15) is 0 Å². The monoisotopic (exact) mass is 288 g/mol. The third kappa shape index (κ3) is 1.02. The molecule has 0 nitrogen and oxygen atoms in total. The summed E-state index contributed by atoms with van der Waals surface area (Å²) in [7, 11) is 0. The van der Waals surface area contributed by atoms with Crippen LogP contribution in [0.2, 0.25) is 0 Å². The van der Waals surface area contributed by atoms with Gasteiger partial charge in [-0.15, -0.1) is 0 Å². The highest BCUT2D eigenvalue weighted by atomic mass is 14.3. The van der Waals surface area contributed by atoms with E-state index >= 15 is 0 Å². The van der Waals surface area contributed by atoms with Crippen LogP contribution >= 0.6 is 0 Å². The van der Waals surface area contributed by atoms with E-state index in [1.54, 1.807) is 0 Å². The molecule has 1 aliphatic carbocycles. The number of benzene rings is 6. The van der Waals surface area contributed by atoms with Gasteiger partial charge < -0.3 is 0 Å². The van der Waals surface area contributed by atoms with Gasteiger partial charge in [0, 0.05) is 0 Å². The first-order valence-corrected chi connectivity index (χ1v) is 8.26. The standard InChI is InChI=1S/C23H12/c1-2-13-4-6-15-8-10-17-11-16-9-7-14-5-3-12(1)18-19(13)21(15)23(17)22(16)20(14)18/h1-10H,11H2. The number of hydrogen-bond donors (Lipinski definition) is 0. The smallest absolute Gasteiger partial charge is 0.00130 e. The average molecular weight is 288 g/mol. The Morgan fingerprint density at radius 3 is 1.04 bits per heavy atom. The van der Waals surface area contributed by atoms with Crippen molar-refractivity contribution in [3.8, 4) is 0 Å². The molecule has 0 unspecified atom stereocenters. The van der Waals surface area contributed by atoms with Gasteiger partial charge in [-0.05, 0) is 71.4 Å². The van der Waals surface area contributed by atoms with Crippen LogP contribution < -0.4 is 0 Å². The molecule has 0 aliphatic heterocycles. The minimum atomic E-state index is 1.08. The zero-order valence-electron chi connectivity index (χ0n) is 12.5. The molecule has 0 bridgehead atoms. The first-order chi connectivity index (χ1) is 11.4. The lowest BCUT2D eigenvalue weighted by atomic mass is 9.86. The van der Waals surface area contributed by atoms with Crippen LogP contribution in [0.4, 0.5) is 0 Å². The lowest BCUT2D eigenvalue weighted by molar-refractivity contribution is 1.28. The second-order valence-corrected chi connectivity index (χ2v) is 6.97. The lowest BCUT2D eigenvalue weighted by Gasteiger charge is -2.17. The van der Waals surface area contributed by atoms with Crippen LogP contribution in [-0.4, -0.2) is 0 Å². The van der Waals surface area contributed by atoms with Crippen LogP contribution in [0.1, 0.15) is 11.1 Å². The molecule has 6 aromatic rings. The van der Waals surface area contributed by atoms with E-state index in [9.17, 15) is 0 Å². The van der Waals surface area contributed by atoms with Gasteiger partial charge in [-0.3, -0.25) is 0 Å². The van der Waals surface area contributed by atoms with Crippen LogP contribution in [0.3, 0.4) is 0 Å². The molecule has 23 heavy (non-hydrogen) atoms. The zero-order valence-corrected chi connectivity index (χ0v) is 12.5. The third-order valence-corrected chi connectivity index (χ3v) is 5.93. The fourth-order valence-corrected chi connectivity index (χ4v) is 5.02. The van der Waals surface area contributed by atoms with E-state index in [0.717, 1.165) is 6.42 Å². The van der Waals surface area contributed by atoms with E-state index in [1.807, 2.05) is 0 Å². The third-order valence-electron chi connectivity index (χ3n) is 5.93. The van der Waals surface area contributed by atoms with Crippen LogP contribution in [0, 0.1) is 0 Å².